The molecular formula is C12H15N3O5S. The van der Waals surface area contributed by atoms with E-state index < -0.39 is 16.0 Å². The zero-order valence-corrected chi connectivity index (χ0v) is 12.3. The van der Waals surface area contributed by atoms with Crippen molar-refractivity contribution in [2.45, 2.75) is 32.0 Å². The van der Waals surface area contributed by atoms with Gasteiger partial charge >= 0.3 is 5.97 Å². The maximum absolute atomic E-state index is 12.1. The lowest BCUT2D eigenvalue weighted by Crippen LogP contribution is -2.23. The Balaban J connectivity index is 2.11. The molecule has 2 rings (SSSR count). The largest absolute Gasteiger partial charge is 0.475 e. The predicted molar refractivity (Wildman–Crippen MR) is 72.3 cm³/mol. The summed E-state index contributed by atoms with van der Waals surface area (Å²) < 4.78 is 33.2. The van der Waals surface area contributed by atoms with E-state index in [1.165, 1.54) is 18.3 Å². The molecule has 2 aromatic rings. The van der Waals surface area contributed by atoms with Gasteiger partial charge in [0.2, 0.25) is 5.76 Å². The number of sulfonamides is 1. The number of hydrogen-bond donors (Lipinski definition) is 2. The third-order valence-electron chi connectivity index (χ3n) is 2.88. The Kier molecular flexibility index (Phi) is 4.14. The van der Waals surface area contributed by atoms with Crippen LogP contribution in [0.3, 0.4) is 0 Å². The van der Waals surface area contributed by atoms with Gasteiger partial charge in [-0.1, -0.05) is 0 Å². The number of hydrogen-bond acceptors (Lipinski definition) is 5. The molecule has 0 amide bonds. The highest BCUT2D eigenvalue weighted by Gasteiger charge is 2.19. The van der Waals surface area contributed by atoms with Crippen molar-refractivity contribution in [3.05, 3.63) is 35.7 Å². The summed E-state index contributed by atoms with van der Waals surface area (Å²) in [5, 5.41) is 8.64. The van der Waals surface area contributed by atoms with Gasteiger partial charge in [0.15, 0.2) is 5.03 Å². The molecule has 0 atom stereocenters. The summed E-state index contributed by atoms with van der Waals surface area (Å²) >= 11 is 0. The maximum Gasteiger partial charge on any atom is 0.371 e. The Morgan fingerprint density at radius 2 is 2.19 bits per heavy atom. The van der Waals surface area contributed by atoms with Crippen molar-refractivity contribution in [2.24, 2.45) is 0 Å². The molecule has 2 N–H and O–H groups in total. The molecular weight excluding hydrogens is 298 g/mol. The predicted octanol–water partition coefficient (Wildman–Crippen LogP) is 0.981. The SMILES string of the molecule is CCn1cc(S(=O)(=O)NCc2ccc(C(=O)O)o2)nc1C. The quantitative estimate of drug-likeness (QED) is 0.821. The number of aryl methyl sites for hydroxylation is 2. The summed E-state index contributed by atoms with van der Waals surface area (Å²) in [6.07, 6.45) is 1.45. The second kappa shape index (κ2) is 5.70. The monoisotopic (exact) mass is 313 g/mol. The summed E-state index contributed by atoms with van der Waals surface area (Å²) in [7, 11) is -3.77. The molecule has 8 nitrogen and oxygen atoms in total. The Morgan fingerprint density at radius 3 is 2.71 bits per heavy atom. The van der Waals surface area contributed by atoms with Crippen LogP contribution in [-0.4, -0.2) is 29.0 Å². The van der Waals surface area contributed by atoms with Crippen LogP contribution < -0.4 is 4.72 Å². The van der Waals surface area contributed by atoms with Gasteiger partial charge in [0.05, 0.1) is 6.54 Å². The van der Waals surface area contributed by atoms with Crippen LogP contribution in [-0.2, 0) is 23.1 Å². The van der Waals surface area contributed by atoms with Crippen molar-refractivity contribution >= 4 is 16.0 Å². The number of nitrogens with zero attached hydrogens (tertiary/aromatic N) is 2. The van der Waals surface area contributed by atoms with Crippen molar-refractivity contribution < 1.29 is 22.7 Å². The fraction of sp³-hybridized carbons (Fsp3) is 0.333. The molecule has 0 fully saturated rings. The molecule has 0 aromatic carbocycles. The van der Waals surface area contributed by atoms with Crippen LogP contribution in [0.1, 0.15) is 29.1 Å². The van der Waals surface area contributed by atoms with Crippen LogP contribution >= 0.6 is 0 Å². The first-order valence-corrected chi connectivity index (χ1v) is 7.67. The van der Waals surface area contributed by atoms with Crippen molar-refractivity contribution in [3.63, 3.8) is 0 Å². The Bertz CT molecular complexity index is 760. The number of aromatic carboxylic acids is 1. The molecule has 0 unspecified atom stereocenters. The van der Waals surface area contributed by atoms with Crippen LogP contribution in [0, 0.1) is 6.92 Å². The van der Waals surface area contributed by atoms with Crippen LogP contribution in [0.2, 0.25) is 0 Å². The Labute approximate surface area is 121 Å². The number of carboxylic acid groups (broad SMARTS) is 1. The Hall–Kier alpha value is -2.13. The van der Waals surface area contributed by atoms with E-state index in [-0.39, 0.29) is 23.1 Å². The fourth-order valence-corrected chi connectivity index (χ4v) is 2.76. The molecule has 0 aliphatic rings. The van der Waals surface area contributed by atoms with Gasteiger partial charge in [-0.3, -0.25) is 0 Å². The summed E-state index contributed by atoms with van der Waals surface area (Å²) in [5.74, 6) is -0.636. The number of carbonyl (C=O) groups is 1. The van der Waals surface area contributed by atoms with E-state index in [9.17, 15) is 13.2 Å². The molecule has 2 heterocycles. The third-order valence-corrected chi connectivity index (χ3v) is 4.15. The van der Waals surface area contributed by atoms with Gasteiger partial charge in [0.25, 0.3) is 10.0 Å². The van der Waals surface area contributed by atoms with Crippen molar-refractivity contribution in [1.82, 2.24) is 14.3 Å². The summed E-state index contributed by atoms with van der Waals surface area (Å²) in [6.45, 7) is 4.07. The highest BCUT2D eigenvalue weighted by Crippen LogP contribution is 2.11. The molecule has 0 aliphatic heterocycles. The van der Waals surface area contributed by atoms with Crippen LogP contribution in [0.5, 0.6) is 0 Å². The Morgan fingerprint density at radius 1 is 1.48 bits per heavy atom. The number of furan rings is 1. The van der Waals surface area contributed by atoms with E-state index in [1.54, 1.807) is 11.5 Å². The van der Waals surface area contributed by atoms with Crippen LogP contribution in [0.4, 0.5) is 0 Å². The first-order valence-electron chi connectivity index (χ1n) is 6.19. The van der Waals surface area contributed by atoms with Gasteiger partial charge in [-0.2, -0.15) is 0 Å². The molecule has 21 heavy (non-hydrogen) atoms. The number of rotatable bonds is 6. The molecule has 0 saturated carbocycles. The van der Waals surface area contributed by atoms with Crippen molar-refractivity contribution in [3.8, 4) is 0 Å². The zero-order valence-electron chi connectivity index (χ0n) is 11.5. The van der Waals surface area contributed by atoms with E-state index >= 15 is 0 Å². The lowest BCUT2D eigenvalue weighted by atomic mass is 10.4. The van der Waals surface area contributed by atoms with Crippen molar-refractivity contribution in [2.75, 3.05) is 0 Å². The van der Waals surface area contributed by atoms with E-state index in [1.807, 2.05) is 6.92 Å². The zero-order chi connectivity index (χ0) is 15.6. The first kappa shape index (κ1) is 15.3. The number of imidazole rings is 1. The maximum atomic E-state index is 12.1. The number of nitrogens with one attached hydrogen (secondary N) is 1. The van der Waals surface area contributed by atoms with E-state index in [0.717, 1.165) is 0 Å². The smallest absolute Gasteiger partial charge is 0.371 e. The minimum atomic E-state index is -3.77. The first-order chi connectivity index (χ1) is 9.83. The van der Waals surface area contributed by atoms with E-state index in [2.05, 4.69) is 9.71 Å². The van der Waals surface area contributed by atoms with Gasteiger partial charge in [-0.05, 0) is 26.0 Å². The lowest BCUT2D eigenvalue weighted by Gasteiger charge is -2.01. The fourth-order valence-electron chi connectivity index (χ4n) is 1.76. The average Bonchev–Trinajstić information content (AvgIpc) is 3.03. The topological polar surface area (TPSA) is 114 Å². The van der Waals surface area contributed by atoms with Crippen molar-refractivity contribution in [1.29, 1.82) is 0 Å². The molecule has 0 saturated heterocycles. The highest BCUT2D eigenvalue weighted by molar-refractivity contribution is 7.89. The second-order valence-corrected chi connectivity index (χ2v) is 6.02. The summed E-state index contributed by atoms with van der Waals surface area (Å²) in [4.78, 5) is 14.7. The normalized spacial score (nSPS) is 11.7. The summed E-state index contributed by atoms with van der Waals surface area (Å²) in [5.41, 5.74) is 0. The van der Waals surface area contributed by atoms with Gasteiger partial charge < -0.3 is 14.1 Å². The molecule has 2 aromatic heterocycles. The molecule has 9 heteroatoms. The van der Waals surface area contributed by atoms with Crippen LogP contribution in [0.25, 0.3) is 0 Å². The van der Waals surface area contributed by atoms with Gasteiger partial charge in [-0.25, -0.2) is 22.9 Å². The number of aromatic nitrogens is 2. The van der Waals surface area contributed by atoms with Gasteiger partial charge in [-0.15, -0.1) is 0 Å². The number of carboxylic acids is 1. The standard InChI is InChI=1S/C12H15N3O5S/c1-3-15-7-11(14-8(15)2)21(18,19)13-6-9-4-5-10(20-9)12(16)17/h4-5,7,13H,3,6H2,1-2H3,(H,16,17). The lowest BCUT2D eigenvalue weighted by molar-refractivity contribution is 0.0660. The van der Waals surface area contributed by atoms with E-state index in [0.29, 0.717) is 12.4 Å². The summed E-state index contributed by atoms with van der Waals surface area (Å²) in [6, 6.07) is 2.67. The molecule has 114 valence electrons. The average molecular weight is 313 g/mol. The minimum absolute atomic E-state index is 0.0770. The molecule has 0 radical (unpaired) electrons. The van der Waals surface area contributed by atoms with Gasteiger partial charge in [0, 0.05) is 12.7 Å². The molecule has 0 aliphatic carbocycles. The second-order valence-electron chi connectivity index (χ2n) is 4.31. The third kappa shape index (κ3) is 3.31. The highest BCUT2D eigenvalue weighted by atomic mass is 32.2. The van der Waals surface area contributed by atoms with Gasteiger partial charge in [0.1, 0.15) is 11.6 Å². The van der Waals surface area contributed by atoms with E-state index in [4.69, 9.17) is 9.52 Å². The minimum Gasteiger partial charge on any atom is -0.475 e. The molecule has 0 bridgehead atoms. The molecule has 0 spiro atoms. The van der Waals surface area contributed by atoms with Crippen LogP contribution in [0.15, 0.2) is 27.8 Å².